The van der Waals surface area contributed by atoms with E-state index < -0.39 is 11.6 Å². The maximum atomic E-state index is 12.6. The van der Waals surface area contributed by atoms with Crippen molar-refractivity contribution in [3.05, 3.63) is 40.8 Å². The van der Waals surface area contributed by atoms with Crippen molar-refractivity contribution in [2.24, 2.45) is 0 Å². The first-order valence-corrected chi connectivity index (χ1v) is 12.3. The van der Waals surface area contributed by atoms with Crippen LogP contribution in [0.4, 0.5) is 0 Å². The molecule has 6 nitrogen and oxygen atoms in total. The molecule has 0 radical (unpaired) electrons. The third-order valence-electron chi connectivity index (χ3n) is 5.24. The van der Waals surface area contributed by atoms with Crippen LogP contribution in [0.15, 0.2) is 39.6 Å². The lowest BCUT2D eigenvalue weighted by atomic mass is 10.1. The molecule has 0 fully saturated rings. The first-order valence-electron chi connectivity index (χ1n) is 12.3. The second-order valence-electron chi connectivity index (χ2n) is 8.11. The summed E-state index contributed by atoms with van der Waals surface area (Å²) in [5, 5.41) is 0.548. The van der Waals surface area contributed by atoms with Crippen LogP contribution in [0.3, 0.4) is 0 Å². The van der Waals surface area contributed by atoms with Crippen LogP contribution in [0, 0.1) is 0 Å². The van der Waals surface area contributed by atoms with Crippen LogP contribution < -0.4 is 19.8 Å². The van der Waals surface area contributed by atoms with E-state index in [0.717, 1.165) is 32.1 Å². The zero-order valence-corrected chi connectivity index (χ0v) is 20.3. The number of rotatable bonds is 16. The number of fused-ring (bicyclic) bond motifs is 1. The van der Waals surface area contributed by atoms with Gasteiger partial charge >= 0.3 is 11.6 Å². The van der Waals surface area contributed by atoms with Gasteiger partial charge in [-0.05, 0) is 31.4 Å². The normalized spacial score (nSPS) is 11.2. The molecule has 0 saturated heterocycles. The van der Waals surface area contributed by atoms with Crippen molar-refractivity contribution in [2.45, 2.75) is 85.0 Å². The Bertz CT molecular complexity index is 944. The van der Waals surface area contributed by atoms with Gasteiger partial charge in [0.05, 0.1) is 18.6 Å². The van der Waals surface area contributed by atoms with Crippen molar-refractivity contribution in [1.82, 2.24) is 0 Å². The molecule has 6 heteroatoms. The molecule has 2 aromatic rings. The Hall–Kier alpha value is -2.76. The van der Waals surface area contributed by atoms with Crippen molar-refractivity contribution in [3.63, 3.8) is 0 Å². The highest BCUT2D eigenvalue weighted by molar-refractivity contribution is 5.90. The van der Waals surface area contributed by atoms with Gasteiger partial charge in [-0.2, -0.15) is 0 Å². The van der Waals surface area contributed by atoms with E-state index in [1.54, 1.807) is 18.2 Å². The molecule has 0 aliphatic rings. The average Bonchev–Trinajstić information content (AvgIpc) is 2.79. The van der Waals surface area contributed by atoms with Crippen LogP contribution >= 0.6 is 0 Å². The molecule has 1 heterocycles. The molecular formula is C27H38O6. The van der Waals surface area contributed by atoms with Crippen LogP contribution in [0.25, 0.3) is 11.0 Å². The average molecular weight is 459 g/mol. The molecule has 0 N–H and O–H groups in total. The predicted molar refractivity (Wildman–Crippen MR) is 131 cm³/mol. The molecule has 0 saturated carbocycles. The van der Waals surface area contributed by atoms with Crippen LogP contribution in [0.2, 0.25) is 0 Å². The van der Waals surface area contributed by atoms with Crippen molar-refractivity contribution in [1.29, 1.82) is 0 Å². The number of hydrogen-bond acceptors (Lipinski definition) is 6. The molecule has 0 amide bonds. The number of carbonyl (C=O) groups is 1. The van der Waals surface area contributed by atoms with Gasteiger partial charge < -0.3 is 18.6 Å². The molecular weight excluding hydrogens is 420 g/mol. The summed E-state index contributed by atoms with van der Waals surface area (Å²) in [4.78, 5) is 24.2. The van der Waals surface area contributed by atoms with Crippen molar-refractivity contribution in [3.8, 4) is 17.2 Å². The number of unbranched alkanes of at least 4 members (excludes halogenated alkanes) is 7. The number of para-hydroxylation sites is 1. The highest BCUT2D eigenvalue weighted by Gasteiger charge is 2.21. The Morgan fingerprint density at radius 2 is 1.64 bits per heavy atom. The van der Waals surface area contributed by atoms with Gasteiger partial charge in [-0.15, -0.1) is 0 Å². The van der Waals surface area contributed by atoms with Gasteiger partial charge in [-0.3, -0.25) is 4.79 Å². The summed E-state index contributed by atoms with van der Waals surface area (Å²) >= 11 is 0. The third kappa shape index (κ3) is 8.95. The van der Waals surface area contributed by atoms with E-state index in [2.05, 4.69) is 26.0 Å². The molecule has 0 aliphatic heterocycles. The van der Waals surface area contributed by atoms with Crippen molar-refractivity contribution >= 4 is 16.9 Å². The molecule has 182 valence electrons. The van der Waals surface area contributed by atoms with Gasteiger partial charge in [0.15, 0.2) is 17.1 Å². The third-order valence-corrected chi connectivity index (χ3v) is 5.24. The molecule has 0 aliphatic carbocycles. The lowest BCUT2D eigenvalue weighted by Gasteiger charge is -2.14. The Morgan fingerprint density at radius 1 is 0.909 bits per heavy atom. The van der Waals surface area contributed by atoms with Gasteiger partial charge in [0.1, 0.15) is 0 Å². The Balaban J connectivity index is 2.12. The summed E-state index contributed by atoms with van der Waals surface area (Å²) in [7, 11) is 0. The standard InChI is InChI=1S/C27H38O6/c1-4-6-8-10-11-12-13-15-20-31-25-22-17-16-18-23(30-19-14-9-7-5-2)24(22)33-27(29)26(25)32-21(3)28/h7,9,16-18H,4-6,8,10-15,19-20H2,1-3H3. The largest absolute Gasteiger partial charge is 0.489 e. The Labute approximate surface area is 196 Å². The Kier molecular flexibility index (Phi) is 12.2. The SMILES string of the molecule is CCC=CCCOc1cccc2c(OCCCCCCCCCC)c(OC(C)=O)c(=O)oc12. The number of hydrogen-bond donors (Lipinski definition) is 0. The van der Waals surface area contributed by atoms with Gasteiger partial charge in [-0.1, -0.05) is 77.0 Å². The summed E-state index contributed by atoms with van der Waals surface area (Å²) in [6, 6.07) is 5.33. The molecule has 0 bridgehead atoms. The second kappa shape index (κ2) is 15.1. The molecule has 33 heavy (non-hydrogen) atoms. The summed E-state index contributed by atoms with van der Waals surface area (Å²) in [6.45, 7) is 6.42. The fourth-order valence-electron chi connectivity index (χ4n) is 3.57. The minimum Gasteiger partial charge on any atom is -0.489 e. The second-order valence-corrected chi connectivity index (χ2v) is 8.11. The highest BCUT2D eigenvalue weighted by atomic mass is 16.6. The van der Waals surface area contributed by atoms with Gasteiger partial charge in [0.25, 0.3) is 5.75 Å². The van der Waals surface area contributed by atoms with Crippen LogP contribution in [0.5, 0.6) is 17.2 Å². The molecule has 1 aromatic heterocycles. The van der Waals surface area contributed by atoms with Crippen molar-refractivity contribution in [2.75, 3.05) is 13.2 Å². The van der Waals surface area contributed by atoms with Crippen LogP contribution in [-0.4, -0.2) is 19.2 Å². The van der Waals surface area contributed by atoms with E-state index in [-0.39, 0.29) is 11.5 Å². The zero-order valence-electron chi connectivity index (χ0n) is 20.3. The maximum absolute atomic E-state index is 12.6. The molecule has 1 aromatic carbocycles. The minimum absolute atomic E-state index is 0.211. The van der Waals surface area contributed by atoms with Crippen molar-refractivity contribution < 1.29 is 23.4 Å². The summed E-state index contributed by atoms with van der Waals surface area (Å²) in [5.41, 5.74) is -0.464. The van der Waals surface area contributed by atoms with E-state index in [0.29, 0.717) is 29.9 Å². The quantitative estimate of drug-likeness (QED) is 0.117. The number of ether oxygens (including phenoxy) is 3. The van der Waals surface area contributed by atoms with E-state index in [4.69, 9.17) is 18.6 Å². The smallest absolute Gasteiger partial charge is 0.383 e. The zero-order chi connectivity index (χ0) is 23.9. The summed E-state index contributed by atoms with van der Waals surface area (Å²) in [5.74, 6) is -0.122. The van der Waals surface area contributed by atoms with Gasteiger partial charge in [0, 0.05) is 6.92 Å². The topological polar surface area (TPSA) is 75.0 Å². The predicted octanol–water partition coefficient (Wildman–Crippen LogP) is 6.97. The molecule has 0 spiro atoms. The number of carbonyl (C=O) groups excluding carboxylic acids is 1. The fraction of sp³-hybridized carbons (Fsp3) is 0.556. The molecule has 2 rings (SSSR count). The van der Waals surface area contributed by atoms with Crippen LogP contribution in [-0.2, 0) is 4.79 Å². The monoisotopic (exact) mass is 458 g/mol. The first kappa shape index (κ1) is 26.5. The number of allylic oxidation sites excluding steroid dienone is 1. The highest BCUT2D eigenvalue weighted by Crippen LogP contribution is 2.37. The Morgan fingerprint density at radius 3 is 2.33 bits per heavy atom. The fourth-order valence-corrected chi connectivity index (χ4v) is 3.57. The lowest BCUT2D eigenvalue weighted by molar-refractivity contribution is -0.132. The van der Waals surface area contributed by atoms with E-state index >= 15 is 0 Å². The maximum Gasteiger partial charge on any atom is 0.383 e. The van der Waals surface area contributed by atoms with Gasteiger partial charge in [-0.25, -0.2) is 4.79 Å². The summed E-state index contributed by atoms with van der Waals surface area (Å²) < 4.78 is 22.5. The molecule has 0 unspecified atom stereocenters. The van der Waals surface area contributed by atoms with E-state index in [1.807, 2.05) is 0 Å². The summed E-state index contributed by atoms with van der Waals surface area (Å²) in [6.07, 6.45) is 15.3. The first-order chi connectivity index (χ1) is 16.1. The van der Waals surface area contributed by atoms with Gasteiger partial charge in [0.2, 0.25) is 0 Å². The lowest BCUT2D eigenvalue weighted by Crippen LogP contribution is -2.14. The van der Waals surface area contributed by atoms with E-state index in [1.165, 1.54) is 39.0 Å². The van der Waals surface area contributed by atoms with E-state index in [9.17, 15) is 9.59 Å². The number of esters is 1. The number of benzene rings is 1. The molecule has 0 atom stereocenters. The minimum atomic E-state index is -0.759. The van der Waals surface area contributed by atoms with Crippen LogP contribution in [0.1, 0.15) is 85.0 Å².